The van der Waals surface area contributed by atoms with Crippen LogP contribution in [0.4, 0.5) is 11.4 Å². The van der Waals surface area contributed by atoms with Crippen molar-refractivity contribution in [2.75, 3.05) is 17.2 Å². The third-order valence-corrected chi connectivity index (χ3v) is 7.32. The van der Waals surface area contributed by atoms with Crippen molar-refractivity contribution in [2.24, 2.45) is 0 Å². The molecular weight excluding hydrogens is 506 g/mol. The molecule has 0 saturated carbocycles. The SMILES string of the molecule is C[C@H]1CC(C(=O)c2ccc(-c3ccc4[nH]ccc4c3)c(OCCCn3c(O)c[nH]c3=O)c2)Nc2ccccc2N1. The second-order valence-corrected chi connectivity index (χ2v) is 10.2. The molecular formula is C31H31N5O4. The molecule has 0 aliphatic carbocycles. The second-order valence-electron chi connectivity index (χ2n) is 10.2. The van der Waals surface area contributed by atoms with E-state index in [9.17, 15) is 14.7 Å². The molecule has 204 valence electrons. The van der Waals surface area contributed by atoms with Crippen molar-refractivity contribution in [3.63, 3.8) is 0 Å². The Hall–Kier alpha value is -4.92. The zero-order chi connectivity index (χ0) is 27.6. The maximum atomic E-state index is 13.8. The van der Waals surface area contributed by atoms with Gasteiger partial charge in [0, 0.05) is 35.4 Å². The van der Waals surface area contributed by atoms with Crippen molar-refractivity contribution in [3.8, 4) is 22.8 Å². The molecule has 2 atom stereocenters. The third-order valence-electron chi connectivity index (χ3n) is 7.32. The molecule has 3 heterocycles. The van der Waals surface area contributed by atoms with Crippen LogP contribution in [-0.2, 0) is 6.54 Å². The highest BCUT2D eigenvalue weighted by atomic mass is 16.5. The Labute approximate surface area is 230 Å². The number of nitrogens with zero attached hydrogens (tertiary/aromatic N) is 1. The number of carbonyl (C=O) groups is 1. The standard InChI is InChI=1S/C31H31N5O4/c1-19-15-27(35-26-6-3-2-5-25(26)34-19)30(38)22-7-9-23(20-8-10-24-21(16-20)11-12-32-24)28(17-22)40-14-4-13-36-29(37)18-33-31(36)39/h2-3,5-12,16-19,27,32,34-35,37H,4,13-15H2,1H3,(H,33,39)/t19-,27?/m0/s1. The summed E-state index contributed by atoms with van der Waals surface area (Å²) in [5, 5.41) is 17.9. The van der Waals surface area contributed by atoms with Gasteiger partial charge in [0.05, 0.1) is 30.2 Å². The van der Waals surface area contributed by atoms with Gasteiger partial charge in [-0.25, -0.2) is 4.79 Å². The Morgan fingerprint density at radius 3 is 2.65 bits per heavy atom. The average molecular weight is 538 g/mol. The van der Waals surface area contributed by atoms with E-state index in [1.165, 1.54) is 10.8 Å². The number of benzene rings is 3. The van der Waals surface area contributed by atoms with Gasteiger partial charge in [-0.2, -0.15) is 0 Å². The number of rotatable bonds is 8. The van der Waals surface area contributed by atoms with E-state index in [-0.39, 0.29) is 23.4 Å². The van der Waals surface area contributed by atoms with Crippen molar-refractivity contribution in [3.05, 3.63) is 95.2 Å². The van der Waals surface area contributed by atoms with E-state index in [4.69, 9.17) is 4.74 Å². The monoisotopic (exact) mass is 537 g/mol. The molecule has 2 aromatic heterocycles. The minimum atomic E-state index is -0.399. The van der Waals surface area contributed by atoms with Crippen LogP contribution in [0.5, 0.6) is 11.6 Å². The molecule has 0 amide bonds. The molecule has 5 N–H and O–H groups in total. The van der Waals surface area contributed by atoms with Gasteiger partial charge >= 0.3 is 5.69 Å². The molecule has 6 rings (SSSR count). The zero-order valence-corrected chi connectivity index (χ0v) is 22.1. The molecule has 9 heteroatoms. The number of carbonyl (C=O) groups excluding carboxylic acids is 1. The fraction of sp³-hybridized carbons (Fsp3) is 0.226. The first-order valence-electron chi connectivity index (χ1n) is 13.4. The topological polar surface area (TPSA) is 124 Å². The van der Waals surface area contributed by atoms with Crippen LogP contribution >= 0.6 is 0 Å². The number of H-pyrrole nitrogens is 2. The summed E-state index contributed by atoms with van der Waals surface area (Å²) < 4.78 is 7.50. The number of fused-ring (bicyclic) bond motifs is 2. The van der Waals surface area contributed by atoms with Gasteiger partial charge in [0.2, 0.25) is 5.88 Å². The van der Waals surface area contributed by atoms with E-state index in [2.05, 4.69) is 33.6 Å². The van der Waals surface area contributed by atoms with Crippen LogP contribution in [0.2, 0.25) is 0 Å². The highest BCUT2D eigenvalue weighted by Crippen LogP contribution is 2.34. The van der Waals surface area contributed by atoms with E-state index in [1.807, 2.05) is 66.9 Å². The lowest BCUT2D eigenvalue weighted by Gasteiger charge is -2.19. The molecule has 0 bridgehead atoms. The summed E-state index contributed by atoms with van der Waals surface area (Å²) in [5.74, 6) is 0.470. The van der Waals surface area contributed by atoms with Gasteiger partial charge in [0.15, 0.2) is 5.78 Å². The third kappa shape index (κ3) is 5.05. The van der Waals surface area contributed by atoms with Crippen molar-refractivity contribution >= 4 is 28.1 Å². The quantitative estimate of drug-likeness (QED) is 0.134. The molecule has 0 spiro atoms. The van der Waals surface area contributed by atoms with Crippen LogP contribution in [0, 0.1) is 0 Å². The maximum absolute atomic E-state index is 13.8. The minimum Gasteiger partial charge on any atom is -0.493 e. The molecule has 3 aromatic carbocycles. The normalized spacial score (nSPS) is 16.5. The molecule has 1 aliphatic rings. The lowest BCUT2D eigenvalue weighted by molar-refractivity contribution is 0.0964. The molecule has 0 saturated heterocycles. The molecule has 40 heavy (non-hydrogen) atoms. The van der Waals surface area contributed by atoms with E-state index in [0.29, 0.717) is 37.3 Å². The summed E-state index contributed by atoms with van der Waals surface area (Å²) >= 11 is 0. The molecule has 0 fully saturated rings. The Bertz CT molecular complexity index is 1730. The van der Waals surface area contributed by atoms with Gasteiger partial charge in [0.25, 0.3) is 0 Å². The second kappa shape index (κ2) is 10.7. The van der Waals surface area contributed by atoms with Crippen molar-refractivity contribution in [2.45, 2.75) is 38.4 Å². The van der Waals surface area contributed by atoms with Crippen molar-refractivity contribution in [1.29, 1.82) is 0 Å². The van der Waals surface area contributed by atoms with Crippen molar-refractivity contribution in [1.82, 2.24) is 14.5 Å². The number of Topliss-reactive ketones (excluding diaryl/α,β-unsaturated/α-hetero) is 1. The maximum Gasteiger partial charge on any atom is 0.328 e. The van der Waals surface area contributed by atoms with E-state index in [0.717, 1.165) is 33.4 Å². The number of aromatic hydroxyl groups is 1. The Kier molecular flexibility index (Phi) is 6.77. The average Bonchev–Trinajstić information content (AvgIpc) is 3.51. The first kappa shape index (κ1) is 25.4. The number of ether oxygens (including phenoxy) is 1. The van der Waals surface area contributed by atoms with Gasteiger partial charge in [-0.05, 0) is 73.2 Å². The van der Waals surface area contributed by atoms with Gasteiger partial charge < -0.3 is 30.4 Å². The number of imidazole rings is 1. The highest BCUT2D eigenvalue weighted by Gasteiger charge is 2.27. The number of ketones is 1. The molecule has 1 aliphatic heterocycles. The van der Waals surface area contributed by atoms with Crippen LogP contribution < -0.4 is 21.1 Å². The molecule has 9 nitrogen and oxygen atoms in total. The van der Waals surface area contributed by atoms with Crippen LogP contribution in [0.1, 0.15) is 30.1 Å². The van der Waals surface area contributed by atoms with E-state index >= 15 is 0 Å². The summed E-state index contributed by atoms with van der Waals surface area (Å²) in [6, 6.07) is 21.4. The number of hydrogen-bond donors (Lipinski definition) is 5. The first-order valence-corrected chi connectivity index (χ1v) is 13.4. The summed E-state index contributed by atoms with van der Waals surface area (Å²) in [5.41, 5.74) is 4.96. The van der Waals surface area contributed by atoms with E-state index in [1.54, 1.807) is 0 Å². The van der Waals surface area contributed by atoms with E-state index < -0.39 is 6.04 Å². The fourth-order valence-electron chi connectivity index (χ4n) is 5.29. The predicted molar refractivity (Wildman–Crippen MR) is 156 cm³/mol. The van der Waals surface area contributed by atoms with Gasteiger partial charge in [-0.3, -0.25) is 9.36 Å². The minimum absolute atomic E-state index is 0.00774. The summed E-state index contributed by atoms with van der Waals surface area (Å²) in [6.45, 7) is 2.67. The summed E-state index contributed by atoms with van der Waals surface area (Å²) in [6.07, 6.45) is 4.29. The molecule has 1 unspecified atom stereocenters. The predicted octanol–water partition coefficient (Wildman–Crippen LogP) is 5.37. The van der Waals surface area contributed by atoms with Crippen LogP contribution in [-0.4, -0.2) is 44.1 Å². The zero-order valence-electron chi connectivity index (χ0n) is 22.1. The number of para-hydroxylation sites is 2. The number of anilines is 2. The fourth-order valence-corrected chi connectivity index (χ4v) is 5.29. The molecule has 5 aromatic rings. The van der Waals surface area contributed by atoms with Crippen LogP contribution in [0.25, 0.3) is 22.0 Å². The largest absolute Gasteiger partial charge is 0.493 e. The Morgan fingerprint density at radius 1 is 1.02 bits per heavy atom. The Balaban J connectivity index is 1.28. The molecule has 0 radical (unpaired) electrons. The first-order chi connectivity index (χ1) is 19.5. The van der Waals surface area contributed by atoms with Crippen molar-refractivity contribution < 1.29 is 14.6 Å². The van der Waals surface area contributed by atoms with Crippen LogP contribution in [0.3, 0.4) is 0 Å². The van der Waals surface area contributed by atoms with Gasteiger partial charge in [0.1, 0.15) is 5.75 Å². The number of nitrogens with one attached hydrogen (secondary N) is 4. The Morgan fingerprint density at radius 2 is 1.85 bits per heavy atom. The van der Waals surface area contributed by atoms with Gasteiger partial charge in [-0.1, -0.05) is 24.3 Å². The lowest BCUT2D eigenvalue weighted by Crippen LogP contribution is -2.32. The number of aromatic nitrogens is 3. The summed E-state index contributed by atoms with van der Waals surface area (Å²) in [4.78, 5) is 31.4. The number of hydrogen-bond acceptors (Lipinski definition) is 6. The number of aromatic amines is 2. The smallest absolute Gasteiger partial charge is 0.328 e. The van der Waals surface area contributed by atoms with Crippen LogP contribution in [0.15, 0.2) is 83.9 Å². The lowest BCUT2D eigenvalue weighted by atomic mass is 9.95. The summed E-state index contributed by atoms with van der Waals surface area (Å²) in [7, 11) is 0. The highest BCUT2D eigenvalue weighted by molar-refractivity contribution is 6.03. The van der Waals surface area contributed by atoms with Gasteiger partial charge in [-0.15, -0.1) is 0 Å².